The third-order valence-electron chi connectivity index (χ3n) is 1.48. The average Bonchev–Trinajstić information content (AvgIpc) is 2.09. The number of hydrogen-bond donors (Lipinski definition) is 2. The van der Waals surface area contributed by atoms with Crippen molar-refractivity contribution in [1.29, 1.82) is 0 Å². The highest BCUT2D eigenvalue weighted by Crippen LogP contribution is 2.18. The molecule has 0 unspecified atom stereocenters. The second kappa shape index (κ2) is 3.26. The van der Waals surface area contributed by atoms with Gasteiger partial charge in [-0.25, -0.2) is 4.79 Å². The van der Waals surface area contributed by atoms with Crippen LogP contribution in [0.5, 0.6) is 11.9 Å². The minimum atomic E-state index is -1.23. The molecule has 0 spiro atoms. The van der Waals surface area contributed by atoms with Crippen molar-refractivity contribution in [2.75, 3.05) is 7.11 Å². The van der Waals surface area contributed by atoms with Crippen LogP contribution in [0.1, 0.15) is 16.1 Å². The number of rotatable bonds is 2. The van der Waals surface area contributed by atoms with Gasteiger partial charge in [0, 0.05) is 5.56 Å². The molecule has 6 heteroatoms. The van der Waals surface area contributed by atoms with Crippen LogP contribution in [-0.4, -0.2) is 33.3 Å². The molecule has 0 atom stereocenters. The lowest BCUT2D eigenvalue weighted by Gasteiger charge is -2.03. The van der Waals surface area contributed by atoms with Crippen LogP contribution in [0.15, 0.2) is 0 Å². The first-order valence-corrected chi connectivity index (χ1v) is 3.41. The predicted octanol–water partition coefficient (Wildman–Crippen LogP) is 0.197. The van der Waals surface area contributed by atoms with Gasteiger partial charge in [0.2, 0.25) is 5.88 Å². The quantitative estimate of drug-likeness (QED) is 0.681. The van der Waals surface area contributed by atoms with Gasteiger partial charge in [-0.1, -0.05) is 0 Å². The number of ether oxygens (including phenoxy) is 1. The third-order valence-corrected chi connectivity index (χ3v) is 1.48. The fourth-order valence-corrected chi connectivity index (χ4v) is 0.784. The molecule has 1 rings (SSSR count). The van der Waals surface area contributed by atoms with Crippen LogP contribution in [0.2, 0.25) is 0 Å². The van der Waals surface area contributed by atoms with E-state index in [9.17, 15) is 4.79 Å². The van der Waals surface area contributed by atoms with Crippen LogP contribution in [0.25, 0.3) is 0 Å². The number of hydrogen-bond acceptors (Lipinski definition) is 5. The Hall–Kier alpha value is -1.85. The van der Waals surface area contributed by atoms with Crippen molar-refractivity contribution in [1.82, 2.24) is 9.97 Å². The molecule has 13 heavy (non-hydrogen) atoms. The monoisotopic (exact) mass is 184 g/mol. The highest BCUT2D eigenvalue weighted by Gasteiger charge is 2.15. The van der Waals surface area contributed by atoms with E-state index in [1.165, 1.54) is 14.0 Å². The molecule has 0 radical (unpaired) electrons. The maximum absolute atomic E-state index is 10.6. The maximum atomic E-state index is 10.6. The molecule has 6 nitrogen and oxygen atoms in total. The minimum Gasteiger partial charge on any atom is -0.493 e. The maximum Gasteiger partial charge on any atom is 0.355 e. The summed E-state index contributed by atoms with van der Waals surface area (Å²) in [5.74, 6) is -1.61. The summed E-state index contributed by atoms with van der Waals surface area (Å²) in [4.78, 5) is 17.6. The molecular weight excluding hydrogens is 176 g/mol. The second-order valence-corrected chi connectivity index (χ2v) is 2.31. The Bertz CT molecular complexity index is 351. The molecule has 1 aromatic rings. The van der Waals surface area contributed by atoms with Gasteiger partial charge >= 0.3 is 12.0 Å². The molecule has 0 aromatic carbocycles. The zero-order valence-corrected chi connectivity index (χ0v) is 7.11. The van der Waals surface area contributed by atoms with Crippen molar-refractivity contribution in [3.8, 4) is 11.9 Å². The van der Waals surface area contributed by atoms with E-state index in [4.69, 9.17) is 10.2 Å². The van der Waals surface area contributed by atoms with Crippen LogP contribution in [-0.2, 0) is 0 Å². The summed E-state index contributed by atoms with van der Waals surface area (Å²) in [7, 11) is 1.29. The number of aromatic hydroxyl groups is 1. The van der Waals surface area contributed by atoms with Gasteiger partial charge in [0.15, 0.2) is 5.69 Å². The van der Waals surface area contributed by atoms with E-state index in [2.05, 4.69) is 14.7 Å². The standard InChI is InChI=1S/C7H8N2O4/c1-3-4(6(11)12)8-7(13-2)9-5(3)10/h1-2H3,(H,11,12)(H,8,9,10). The van der Waals surface area contributed by atoms with Crippen molar-refractivity contribution in [2.24, 2.45) is 0 Å². The van der Waals surface area contributed by atoms with Crippen LogP contribution >= 0.6 is 0 Å². The average molecular weight is 184 g/mol. The Morgan fingerprint density at radius 1 is 1.46 bits per heavy atom. The summed E-state index contributed by atoms with van der Waals surface area (Å²) < 4.78 is 4.60. The summed E-state index contributed by atoms with van der Waals surface area (Å²) >= 11 is 0. The van der Waals surface area contributed by atoms with E-state index in [-0.39, 0.29) is 23.1 Å². The van der Waals surface area contributed by atoms with Crippen LogP contribution in [0.3, 0.4) is 0 Å². The lowest BCUT2D eigenvalue weighted by Crippen LogP contribution is -2.06. The number of aromatic nitrogens is 2. The van der Waals surface area contributed by atoms with Gasteiger partial charge in [0.05, 0.1) is 7.11 Å². The van der Waals surface area contributed by atoms with E-state index < -0.39 is 5.97 Å². The molecular formula is C7H8N2O4. The Morgan fingerprint density at radius 2 is 2.08 bits per heavy atom. The Labute approximate surface area is 73.8 Å². The topological polar surface area (TPSA) is 92.5 Å². The predicted molar refractivity (Wildman–Crippen MR) is 41.9 cm³/mol. The molecule has 0 bridgehead atoms. The number of carboxylic acid groups (broad SMARTS) is 1. The highest BCUT2D eigenvalue weighted by atomic mass is 16.5. The summed E-state index contributed by atoms with van der Waals surface area (Å²) in [6, 6.07) is -0.166. The summed E-state index contributed by atoms with van der Waals surface area (Å²) in [6.07, 6.45) is 0. The number of methoxy groups -OCH3 is 1. The molecule has 0 aliphatic carbocycles. The fraction of sp³-hybridized carbons (Fsp3) is 0.286. The van der Waals surface area contributed by atoms with Crippen LogP contribution in [0.4, 0.5) is 0 Å². The van der Waals surface area contributed by atoms with E-state index >= 15 is 0 Å². The third kappa shape index (κ3) is 1.66. The van der Waals surface area contributed by atoms with Crippen LogP contribution < -0.4 is 4.74 Å². The largest absolute Gasteiger partial charge is 0.493 e. The smallest absolute Gasteiger partial charge is 0.355 e. The lowest BCUT2D eigenvalue weighted by molar-refractivity contribution is 0.0687. The van der Waals surface area contributed by atoms with Gasteiger partial charge in [-0.2, -0.15) is 9.97 Å². The van der Waals surface area contributed by atoms with Gasteiger partial charge in [-0.3, -0.25) is 0 Å². The molecule has 0 saturated heterocycles. The van der Waals surface area contributed by atoms with Crippen LogP contribution in [0, 0.1) is 6.92 Å². The zero-order chi connectivity index (χ0) is 10.0. The minimum absolute atomic E-state index is 0.119. The molecule has 0 aliphatic heterocycles. The molecule has 0 aliphatic rings. The van der Waals surface area contributed by atoms with Crippen molar-refractivity contribution < 1.29 is 19.7 Å². The first-order valence-electron chi connectivity index (χ1n) is 3.41. The SMILES string of the molecule is COc1nc(O)c(C)c(C(=O)O)n1. The first kappa shape index (κ1) is 9.24. The number of nitrogens with zero attached hydrogens (tertiary/aromatic N) is 2. The van der Waals surface area contributed by atoms with Gasteiger partial charge in [0.1, 0.15) is 0 Å². The first-order chi connectivity index (χ1) is 6.06. The van der Waals surface area contributed by atoms with Crippen molar-refractivity contribution in [2.45, 2.75) is 6.92 Å². The second-order valence-electron chi connectivity index (χ2n) is 2.31. The zero-order valence-electron chi connectivity index (χ0n) is 7.11. The van der Waals surface area contributed by atoms with E-state index in [0.717, 1.165) is 0 Å². The molecule has 1 heterocycles. The molecule has 0 saturated carbocycles. The van der Waals surface area contributed by atoms with E-state index in [1.807, 2.05) is 0 Å². The van der Waals surface area contributed by atoms with Crippen molar-refractivity contribution >= 4 is 5.97 Å². The summed E-state index contributed by atoms with van der Waals surface area (Å²) in [5.41, 5.74) is -0.141. The highest BCUT2D eigenvalue weighted by molar-refractivity contribution is 5.87. The Kier molecular flexibility index (Phi) is 2.32. The van der Waals surface area contributed by atoms with Gasteiger partial charge < -0.3 is 14.9 Å². The molecule has 1 aromatic heterocycles. The van der Waals surface area contributed by atoms with Gasteiger partial charge in [-0.05, 0) is 6.92 Å². The summed E-state index contributed by atoms with van der Waals surface area (Å²) in [5, 5.41) is 17.8. The Balaban J connectivity index is 3.33. The molecule has 0 amide bonds. The van der Waals surface area contributed by atoms with Crippen molar-refractivity contribution in [3.05, 3.63) is 11.3 Å². The van der Waals surface area contributed by atoms with Gasteiger partial charge in [0.25, 0.3) is 0 Å². The van der Waals surface area contributed by atoms with E-state index in [1.54, 1.807) is 0 Å². The van der Waals surface area contributed by atoms with E-state index in [0.29, 0.717) is 0 Å². The fourth-order valence-electron chi connectivity index (χ4n) is 0.784. The molecule has 2 N–H and O–H groups in total. The number of aromatic carboxylic acids is 1. The van der Waals surface area contributed by atoms with Crippen molar-refractivity contribution in [3.63, 3.8) is 0 Å². The number of carbonyl (C=O) groups is 1. The normalized spacial score (nSPS) is 9.69. The van der Waals surface area contributed by atoms with Gasteiger partial charge in [-0.15, -0.1) is 0 Å². The lowest BCUT2D eigenvalue weighted by atomic mass is 10.2. The molecule has 70 valence electrons. The Morgan fingerprint density at radius 3 is 2.54 bits per heavy atom. The molecule has 0 fully saturated rings. The summed E-state index contributed by atoms with van der Waals surface area (Å²) in [6.45, 7) is 1.41. The number of carboxylic acids is 1.